The maximum Gasteiger partial charge on any atom is 0.187 e. The molecule has 0 heterocycles. The quantitative estimate of drug-likeness (QED) is 0.654. The highest BCUT2D eigenvalue weighted by atomic mass is 35.5. The van der Waals surface area contributed by atoms with E-state index in [1.165, 1.54) is 6.08 Å². The molecule has 0 amide bonds. The summed E-state index contributed by atoms with van der Waals surface area (Å²) >= 11 is 5.90. The first kappa shape index (κ1) is 15.1. The Morgan fingerprint density at radius 1 is 1.19 bits per heavy atom. The van der Waals surface area contributed by atoms with Gasteiger partial charge in [-0.2, -0.15) is 0 Å². The summed E-state index contributed by atoms with van der Waals surface area (Å²) in [5, 5.41) is 3.77. The van der Waals surface area contributed by atoms with Gasteiger partial charge in [0.15, 0.2) is 5.78 Å². The molecule has 0 bridgehead atoms. The lowest BCUT2D eigenvalue weighted by atomic mass is 10.1. The maximum atomic E-state index is 12.0. The minimum absolute atomic E-state index is 0.0724. The molecule has 0 aliphatic heterocycles. The van der Waals surface area contributed by atoms with Crippen molar-refractivity contribution in [2.75, 3.05) is 12.4 Å². The van der Waals surface area contributed by atoms with Crippen LogP contribution in [-0.4, -0.2) is 12.9 Å². The van der Waals surface area contributed by atoms with Gasteiger partial charge < -0.3 is 10.1 Å². The third-order valence-electron chi connectivity index (χ3n) is 3.04. The number of anilines is 1. The number of carbonyl (C=O) groups excluding carboxylic acids is 1. The molecule has 2 aromatic carbocycles. The molecule has 0 radical (unpaired) electrons. The number of halogens is 1. The second-order valence-electron chi connectivity index (χ2n) is 4.53. The number of rotatable bonds is 5. The smallest absolute Gasteiger partial charge is 0.187 e. The van der Waals surface area contributed by atoms with Crippen LogP contribution in [0.25, 0.3) is 0 Å². The minimum Gasteiger partial charge on any atom is -0.497 e. The van der Waals surface area contributed by atoms with E-state index in [2.05, 4.69) is 5.32 Å². The van der Waals surface area contributed by atoms with Crippen LogP contribution >= 0.6 is 11.6 Å². The summed E-state index contributed by atoms with van der Waals surface area (Å²) in [7, 11) is 1.59. The van der Waals surface area contributed by atoms with Crippen LogP contribution in [-0.2, 0) is 0 Å². The van der Waals surface area contributed by atoms with Crippen molar-refractivity contribution in [1.29, 1.82) is 0 Å². The van der Waals surface area contributed by atoms with E-state index in [1.54, 1.807) is 43.6 Å². The van der Waals surface area contributed by atoms with Crippen molar-refractivity contribution < 1.29 is 9.53 Å². The Bertz CT molecular complexity index is 663. The van der Waals surface area contributed by atoms with Crippen molar-refractivity contribution >= 4 is 23.1 Å². The van der Waals surface area contributed by atoms with Crippen molar-refractivity contribution in [2.45, 2.75) is 6.92 Å². The van der Waals surface area contributed by atoms with Crippen LogP contribution in [0.1, 0.15) is 15.9 Å². The van der Waals surface area contributed by atoms with Crippen molar-refractivity contribution in [3.05, 3.63) is 70.9 Å². The number of ketones is 1. The second kappa shape index (κ2) is 6.95. The molecule has 0 aromatic heterocycles. The van der Waals surface area contributed by atoms with Crippen LogP contribution in [0.2, 0.25) is 5.02 Å². The molecule has 0 spiro atoms. The Balaban J connectivity index is 2.01. The highest BCUT2D eigenvalue weighted by Gasteiger charge is 2.02. The molecule has 3 nitrogen and oxygen atoms in total. The molecular weight excluding hydrogens is 286 g/mol. The number of hydrogen-bond acceptors (Lipinski definition) is 3. The average Bonchev–Trinajstić information content (AvgIpc) is 2.49. The van der Waals surface area contributed by atoms with E-state index < -0.39 is 0 Å². The Hall–Kier alpha value is -2.26. The number of aryl methyl sites for hydroxylation is 1. The monoisotopic (exact) mass is 301 g/mol. The molecule has 0 fully saturated rings. The molecule has 0 aliphatic carbocycles. The zero-order valence-corrected chi connectivity index (χ0v) is 12.6. The van der Waals surface area contributed by atoms with Gasteiger partial charge in [-0.3, -0.25) is 4.79 Å². The standard InChI is InChI=1S/C17H16ClNO2/c1-12-11-14(18)5-8-16(12)19-10-9-17(20)13-3-6-15(21-2)7-4-13/h3-11,19H,1-2H3. The highest BCUT2D eigenvalue weighted by Crippen LogP contribution is 2.19. The lowest BCUT2D eigenvalue weighted by Gasteiger charge is -2.05. The molecule has 2 aromatic rings. The van der Waals surface area contributed by atoms with Gasteiger partial charge in [0.25, 0.3) is 0 Å². The maximum absolute atomic E-state index is 12.0. The fourth-order valence-corrected chi connectivity index (χ4v) is 2.07. The molecule has 0 saturated carbocycles. The summed E-state index contributed by atoms with van der Waals surface area (Å²) in [5.41, 5.74) is 2.55. The highest BCUT2D eigenvalue weighted by molar-refractivity contribution is 6.30. The van der Waals surface area contributed by atoms with Gasteiger partial charge in [0.1, 0.15) is 5.75 Å². The average molecular weight is 302 g/mol. The van der Waals surface area contributed by atoms with Gasteiger partial charge >= 0.3 is 0 Å². The zero-order chi connectivity index (χ0) is 15.2. The molecule has 0 saturated heterocycles. The van der Waals surface area contributed by atoms with Gasteiger partial charge in [-0.25, -0.2) is 0 Å². The predicted molar refractivity (Wildman–Crippen MR) is 86.3 cm³/mol. The van der Waals surface area contributed by atoms with Gasteiger partial charge in [0.2, 0.25) is 0 Å². The third kappa shape index (κ3) is 4.10. The Morgan fingerprint density at radius 3 is 2.52 bits per heavy atom. The van der Waals surface area contributed by atoms with E-state index in [0.717, 1.165) is 17.0 Å². The van der Waals surface area contributed by atoms with Crippen molar-refractivity contribution in [1.82, 2.24) is 0 Å². The van der Waals surface area contributed by atoms with Crippen LogP contribution in [0.15, 0.2) is 54.7 Å². The van der Waals surface area contributed by atoms with Gasteiger partial charge in [0.05, 0.1) is 7.11 Å². The molecular formula is C17H16ClNO2. The largest absolute Gasteiger partial charge is 0.497 e. The number of carbonyl (C=O) groups is 1. The molecule has 0 aliphatic rings. The molecule has 2 rings (SSSR count). The van der Waals surface area contributed by atoms with E-state index >= 15 is 0 Å². The zero-order valence-electron chi connectivity index (χ0n) is 11.9. The summed E-state index contributed by atoms with van der Waals surface area (Å²) in [6, 6.07) is 12.5. The Kier molecular flexibility index (Phi) is 5.01. The van der Waals surface area contributed by atoms with E-state index in [9.17, 15) is 4.79 Å². The van der Waals surface area contributed by atoms with Gasteiger partial charge in [-0.15, -0.1) is 0 Å². The lowest BCUT2D eigenvalue weighted by Crippen LogP contribution is -1.97. The first-order valence-electron chi connectivity index (χ1n) is 6.48. The van der Waals surface area contributed by atoms with Gasteiger partial charge in [0, 0.05) is 28.5 Å². The van der Waals surface area contributed by atoms with E-state index in [1.807, 2.05) is 19.1 Å². The third-order valence-corrected chi connectivity index (χ3v) is 3.27. The number of hydrogen-bond donors (Lipinski definition) is 1. The van der Waals surface area contributed by atoms with Crippen LogP contribution in [0.5, 0.6) is 5.75 Å². The summed E-state index contributed by atoms with van der Waals surface area (Å²) in [6.45, 7) is 1.95. The van der Waals surface area contributed by atoms with Crippen molar-refractivity contribution in [2.24, 2.45) is 0 Å². The Labute approximate surface area is 129 Å². The minimum atomic E-state index is -0.0724. The molecule has 21 heavy (non-hydrogen) atoms. The van der Waals surface area contributed by atoms with E-state index in [-0.39, 0.29) is 5.78 Å². The number of ether oxygens (including phenoxy) is 1. The fraction of sp³-hybridized carbons (Fsp3) is 0.118. The number of benzene rings is 2. The SMILES string of the molecule is COc1ccc(C(=O)C=CNc2ccc(Cl)cc2C)cc1. The van der Waals surface area contributed by atoms with Crippen LogP contribution in [0, 0.1) is 6.92 Å². The molecule has 108 valence electrons. The first-order valence-corrected chi connectivity index (χ1v) is 6.85. The molecule has 0 atom stereocenters. The van der Waals surface area contributed by atoms with Crippen molar-refractivity contribution in [3.63, 3.8) is 0 Å². The normalized spacial score (nSPS) is 10.6. The summed E-state index contributed by atoms with van der Waals surface area (Å²) in [6.07, 6.45) is 3.12. The topological polar surface area (TPSA) is 38.3 Å². The predicted octanol–water partition coefficient (Wildman–Crippen LogP) is 4.47. The van der Waals surface area contributed by atoms with Crippen LogP contribution in [0.3, 0.4) is 0 Å². The summed E-state index contributed by atoms with van der Waals surface area (Å²) in [4.78, 5) is 12.0. The van der Waals surface area contributed by atoms with Gasteiger partial charge in [-0.1, -0.05) is 11.6 Å². The lowest BCUT2D eigenvalue weighted by molar-refractivity contribution is 0.104. The molecule has 1 N–H and O–H groups in total. The van der Waals surface area contributed by atoms with E-state index in [0.29, 0.717) is 10.6 Å². The number of nitrogens with one attached hydrogen (secondary N) is 1. The van der Waals surface area contributed by atoms with Crippen LogP contribution in [0.4, 0.5) is 5.69 Å². The fourth-order valence-electron chi connectivity index (χ4n) is 1.85. The van der Waals surface area contributed by atoms with Crippen LogP contribution < -0.4 is 10.1 Å². The number of methoxy groups -OCH3 is 1. The number of allylic oxidation sites excluding steroid dienone is 1. The molecule has 0 unspecified atom stereocenters. The summed E-state index contributed by atoms with van der Waals surface area (Å²) in [5.74, 6) is 0.655. The molecule has 4 heteroatoms. The van der Waals surface area contributed by atoms with Crippen molar-refractivity contribution in [3.8, 4) is 5.75 Å². The summed E-state index contributed by atoms with van der Waals surface area (Å²) < 4.78 is 5.06. The first-order chi connectivity index (χ1) is 10.1. The second-order valence-corrected chi connectivity index (χ2v) is 4.97. The Morgan fingerprint density at radius 2 is 1.90 bits per heavy atom. The van der Waals surface area contributed by atoms with E-state index in [4.69, 9.17) is 16.3 Å². The van der Waals surface area contributed by atoms with Gasteiger partial charge in [-0.05, 0) is 55.0 Å².